The molecule has 33 heavy (non-hydrogen) atoms. The number of hydrogen-bond acceptors (Lipinski definition) is 3. The Balaban J connectivity index is 1.54. The molecule has 1 fully saturated rings. The van der Waals surface area contributed by atoms with E-state index in [1.807, 2.05) is 17.6 Å². The first-order valence-corrected chi connectivity index (χ1v) is 12.7. The Morgan fingerprint density at radius 3 is 2.73 bits per heavy atom. The van der Waals surface area contributed by atoms with Gasteiger partial charge in [0.2, 0.25) is 5.91 Å². The van der Waals surface area contributed by atoms with E-state index >= 15 is 0 Å². The van der Waals surface area contributed by atoms with Gasteiger partial charge < -0.3 is 14.8 Å². The number of nitrogens with zero attached hydrogens (tertiary/aromatic N) is 2. The van der Waals surface area contributed by atoms with Crippen LogP contribution in [0.3, 0.4) is 0 Å². The van der Waals surface area contributed by atoms with Crippen molar-refractivity contribution in [3.8, 4) is 0 Å². The van der Waals surface area contributed by atoms with Gasteiger partial charge in [0.1, 0.15) is 17.1 Å². The Hall–Kier alpha value is -2.67. The van der Waals surface area contributed by atoms with Gasteiger partial charge in [-0.25, -0.2) is 4.39 Å². The summed E-state index contributed by atoms with van der Waals surface area (Å²) in [5.41, 5.74) is 1.21. The molecule has 1 aliphatic heterocycles. The molecule has 0 bridgehead atoms. The normalized spacial score (nSPS) is 21.4. The first-order chi connectivity index (χ1) is 15.9. The topological polar surface area (TPSA) is 54.3 Å². The van der Waals surface area contributed by atoms with Crippen molar-refractivity contribution < 1.29 is 14.0 Å². The Bertz CT molecular complexity index is 1210. The van der Waals surface area contributed by atoms with Gasteiger partial charge in [-0.05, 0) is 56.0 Å². The summed E-state index contributed by atoms with van der Waals surface area (Å²) >= 11 is 1.70. The van der Waals surface area contributed by atoms with Crippen molar-refractivity contribution in [2.75, 3.05) is 0 Å². The highest BCUT2D eigenvalue weighted by Gasteiger charge is 2.48. The SMILES string of the molecule is CCc1cc2c(cc3n2C[C@](C)(C(=O)NC2CCCCC2)N(Cc2cccc(F)c2)C3=O)s1. The zero-order chi connectivity index (χ0) is 23.2. The Morgan fingerprint density at radius 1 is 1.21 bits per heavy atom. The van der Waals surface area contributed by atoms with E-state index in [1.165, 1.54) is 23.4 Å². The number of fused-ring (bicyclic) bond motifs is 3. The van der Waals surface area contributed by atoms with Gasteiger partial charge in [0.05, 0.1) is 16.8 Å². The lowest BCUT2D eigenvalue weighted by atomic mass is 9.91. The fraction of sp³-hybridized carbons (Fsp3) is 0.462. The van der Waals surface area contributed by atoms with Crippen molar-refractivity contribution in [1.29, 1.82) is 0 Å². The summed E-state index contributed by atoms with van der Waals surface area (Å²) in [6, 6.07) is 10.5. The molecule has 1 atom stereocenters. The first kappa shape index (κ1) is 22.1. The second-order valence-corrected chi connectivity index (χ2v) is 10.7. The van der Waals surface area contributed by atoms with Crippen LogP contribution >= 0.6 is 11.3 Å². The Morgan fingerprint density at radius 2 is 2.00 bits per heavy atom. The molecule has 0 radical (unpaired) electrons. The van der Waals surface area contributed by atoms with E-state index in [-0.39, 0.29) is 30.2 Å². The lowest BCUT2D eigenvalue weighted by molar-refractivity contribution is -0.134. The maximum Gasteiger partial charge on any atom is 0.271 e. The lowest BCUT2D eigenvalue weighted by Gasteiger charge is -2.45. The second-order valence-electron chi connectivity index (χ2n) is 9.53. The molecule has 2 aliphatic rings. The fourth-order valence-electron chi connectivity index (χ4n) is 5.22. The van der Waals surface area contributed by atoms with Gasteiger partial charge in [-0.1, -0.05) is 38.3 Å². The Kier molecular flexibility index (Phi) is 5.77. The summed E-state index contributed by atoms with van der Waals surface area (Å²) in [7, 11) is 0. The summed E-state index contributed by atoms with van der Waals surface area (Å²) < 4.78 is 17.0. The smallest absolute Gasteiger partial charge is 0.271 e. The van der Waals surface area contributed by atoms with Gasteiger partial charge in [0, 0.05) is 17.5 Å². The van der Waals surface area contributed by atoms with Crippen molar-refractivity contribution in [3.05, 3.63) is 58.3 Å². The zero-order valence-electron chi connectivity index (χ0n) is 19.2. The third-order valence-electron chi connectivity index (χ3n) is 7.17. The molecule has 174 valence electrons. The molecule has 5 nitrogen and oxygen atoms in total. The molecule has 1 aliphatic carbocycles. The van der Waals surface area contributed by atoms with Gasteiger partial charge in [0.15, 0.2) is 0 Å². The van der Waals surface area contributed by atoms with Crippen LogP contribution in [0.5, 0.6) is 0 Å². The molecule has 0 spiro atoms. The largest absolute Gasteiger partial charge is 0.351 e. The van der Waals surface area contributed by atoms with Crippen molar-refractivity contribution in [3.63, 3.8) is 0 Å². The molecule has 1 aromatic carbocycles. The molecule has 1 N–H and O–H groups in total. The third kappa shape index (κ3) is 3.97. The highest BCUT2D eigenvalue weighted by Crippen LogP contribution is 2.37. The molecule has 1 saturated carbocycles. The van der Waals surface area contributed by atoms with Crippen LogP contribution in [0.1, 0.15) is 66.9 Å². The van der Waals surface area contributed by atoms with Gasteiger partial charge in [-0.3, -0.25) is 9.59 Å². The number of amides is 2. The summed E-state index contributed by atoms with van der Waals surface area (Å²) in [5.74, 6) is -0.660. The lowest BCUT2D eigenvalue weighted by Crippen LogP contribution is -2.64. The molecule has 0 unspecified atom stereocenters. The van der Waals surface area contributed by atoms with E-state index in [0.29, 0.717) is 17.8 Å². The summed E-state index contributed by atoms with van der Waals surface area (Å²) in [4.78, 5) is 30.4. The molecule has 2 amide bonds. The van der Waals surface area contributed by atoms with E-state index < -0.39 is 5.54 Å². The predicted octanol–water partition coefficient (Wildman–Crippen LogP) is 5.27. The molecule has 3 heterocycles. The average Bonchev–Trinajstić information content (AvgIpc) is 3.36. The molecule has 0 saturated heterocycles. The van der Waals surface area contributed by atoms with Crippen LogP contribution in [0.25, 0.3) is 10.2 Å². The maximum absolute atomic E-state index is 13.9. The molecule has 2 aromatic heterocycles. The minimum absolute atomic E-state index is 0.127. The van der Waals surface area contributed by atoms with E-state index in [9.17, 15) is 14.0 Å². The monoisotopic (exact) mass is 467 g/mol. The number of aryl methyl sites for hydroxylation is 1. The fourth-order valence-corrected chi connectivity index (χ4v) is 6.26. The number of hydrogen-bond donors (Lipinski definition) is 1. The minimum Gasteiger partial charge on any atom is -0.351 e. The molecular weight excluding hydrogens is 437 g/mol. The predicted molar refractivity (Wildman–Crippen MR) is 129 cm³/mol. The van der Waals surface area contributed by atoms with Crippen molar-refractivity contribution in [2.24, 2.45) is 0 Å². The molecular formula is C26H30FN3O2S. The van der Waals surface area contributed by atoms with Crippen LogP contribution in [0, 0.1) is 5.82 Å². The van der Waals surface area contributed by atoms with E-state index in [0.717, 1.165) is 42.3 Å². The molecule has 7 heteroatoms. The van der Waals surface area contributed by atoms with Gasteiger partial charge in [0.25, 0.3) is 5.91 Å². The number of rotatable bonds is 5. The number of thiophene rings is 1. The van der Waals surface area contributed by atoms with Gasteiger partial charge in [-0.2, -0.15) is 0 Å². The van der Waals surface area contributed by atoms with Crippen LogP contribution in [0.2, 0.25) is 0 Å². The number of nitrogens with one attached hydrogen (secondary N) is 1. The summed E-state index contributed by atoms with van der Waals surface area (Å²) in [5, 5.41) is 3.25. The minimum atomic E-state index is -1.08. The van der Waals surface area contributed by atoms with Gasteiger partial charge in [-0.15, -0.1) is 11.3 Å². The standard InChI is InChI=1S/C26H30FN3O2S/c1-3-20-13-21-23(33-20)14-22-24(31)30(15-17-8-7-9-18(27)12-17)26(2,16-29(21)22)25(32)28-19-10-5-4-6-11-19/h7-9,12-14,19H,3-6,10-11,15-16H2,1-2H3,(H,28,32)/t26-/m1/s1. The second kappa shape index (κ2) is 8.60. The number of carbonyl (C=O) groups is 2. The molecule has 5 rings (SSSR count). The van der Waals surface area contributed by atoms with Crippen LogP contribution in [-0.4, -0.2) is 32.9 Å². The summed E-state index contributed by atoms with van der Waals surface area (Å²) in [6.07, 6.45) is 6.33. The maximum atomic E-state index is 13.9. The first-order valence-electron chi connectivity index (χ1n) is 11.9. The number of aromatic nitrogens is 1. The number of benzene rings is 1. The highest BCUT2D eigenvalue weighted by molar-refractivity contribution is 7.19. The molecule has 3 aromatic rings. The highest BCUT2D eigenvalue weighted by atomic mass is 32.1. The number of carbonyl (C=O) groups excluding carboxylic acids is 2. The van der Waals surface area contributed by atoms with Crippen molar-refractivity contribution in [2.45, 2.75) is 77.0 Å². The zero-order valence-corrected chi connectivity index (χ0v) is 20.0. The summed E-state index contributed by atoms with van der Waals surface area (Å²) in [6.45, 7) is 4.54. The van der Waals surface area contributed by atoms with E-state index in [4.69, 9.17) is 0 Å². The van der Waals surface area contributed by atoms with Crippen LogP contribution < -0.4 is 5.32 Å². The number of halogens is 1. The van der Waals surface area contributed by atoms with Crippen LogP contribution in [-0.2, 0) is 24.3 Å². The quantitative estimate of drug-likeness (QED) is 0.556. The van der Waals surface area contributed by atoms with Crippen molar-refractivity contribution >= 4 is 33.4 Å². The Labute approximate surface area is 197 Å². The van der Waals surface area contributed by atoms with Gasteiger partial charge >= 0.3 is 0 Å². The average molecular weight is 468 g/mol. The van der Waals surface area contributed by atoms with Crippen molar-refractivity contribution in [1.82, 2.24) is 14.8 Å². The third-order valence-corrected chi connectivity index (χ3v) is 8.39. The van der Waals surface area contributed by atoms with Crippen LogP contribution in [0.4, 0.5) is 4.39 Å². The van der Waals surface area contributed by atoms with Crippen LogP contribution in [0.15, 0.2) is 36.4 Å². The van der Waals surface area contributed by atoms with E-state index in [2.05, 4.69) is 18.3 Å². The van der Waals surface area contributed by atoms with E-state index in [1.54, 1.807) is 28.4 Å².